The lowest BCUT2D eigenvalue weighted by molar-refractivity contribution is -0.00564. The molecule has 0 atom stereocenters. The molecule has 146 valence electrons. The lowest BCUT2D eigenvalue weighted by Crippen LogP contribution is -2.52. The molecule has 0 aromatic heterocycles. The minimum atomic E-state index is -0.670. The molecule has 0 saturated carbocycles. The summed E-state index contributed by atoms with van der Waals surface area (Å²) in [5.74, 6) is 0.137. The number of fused-ring (bicyclic) bond motifs is 1. The van der Waals surface area contributed by atoms with Gasteiger partial charge in [-0.25, -0.2) is 0 Å². The molecule has 1 fully saturated rings. The number of halogens is 4. The molecule has 0 N–H and O–H groups in total. The van der Waals surface area contributed by atoms with Crippen LogP contribution in [-0.4, -0.2) is 35.3 Å². The molecule has 1 spiro atoms. The van der Waals surface area contributed by atoms with Crippen LogP contribution in [0.15, 0.2) is 30.3 Å². The summed E-state index contributed by atoms with van der Waals surface area (Å²) >= 11 is 24.4. The highest BCUT2D eigenvalue weighted by molar-refractivity contribution is 6.37. The van der Waals surface area contributed by atoms with E-state index < -0.39 is 5.60 Å². The number of ketones is 1. The second-order valence-electron chi connectivity index (χ2n) is 7.07. The minimum Gasteiger partial charge on any atom is -0.484 e. The van der Waals surface area contributed by atoms with Gasteiger partial charge in [0.05, 0.1) is 27.6 Å². The van der Waals surface area contributed by atoms with E-state index >= 15 is 0 Å². The molecule has 2 aliphatic heterocycles. The predicted octanol–water partition coefficient (Wildman–Crippen LogP) is 5.94. The molecule has 0 radical (unpaired) electrons. The third kappa shape index (κ3) is 3.59. The van der Waals surface area contributed by atoms with E-state index in [-0.39, 0.29) is 18.1 Å². The molecule has 2 aromatic carbocycles. The first-order valence-electron chi connectivity index (χ1n) is 8.74. The van der Waals surface area contributed by atoms with E-state index in [2.05, 4.69) is 0 Å². The largest absolute Gasteiger partial charge is 0.484 e. The Morgan fingerprint density at radius 1 is 0.964 bits per heavy atom. The fraction of sp³-hybridized carbons (Fsp3) is 0.300. The Kier molecular flexibility index (Phi) is 5.25. The molecule has 28 heavy (non-hydrogen) atoms. The van der Waals surface area contributed by atoms with Crippen molar-refractivity contribution in [2.45, 2.75) is 24.9 Å². The number of benzene rings is 2. The summed E-state index contributed by atoms with van der Waals surface area (Å²) in [6.45, 7) is 0.880. The lowest BCUT2D eigenvalue weighted by atomic mass is 9.82. The summed E-state index contributed by atoms with van der Waals surface area (Å²) < 4.78 is 6.20. The van der Waals surface area contributed by atoms with Gasteiger partial charge in [0, 0.05) is 36.0 Å². The fourth-order valence-corrected chi connectivity index (χ4v) is 4.64. The number of ether oxygens (including phenoxy) is 1. The number of likely N-dealkylation sites (tertiary alicyclic amines) is 1. The molecule has 4 rings (SSSR count). The number of nitrogens with zero attached hydrogens (tertiary/aromatic N) is 1. The van der Waals surface area contributed by atoms with Gasteiger partial charge in [-0.1, -0.05) is 46.4 Å². The quantitative estimate of drug-likeness (QED) is 0.531. The highest BCUT2D eigenvalue weighted by atomic mass is 35.5. The second kappa shape index (κ2) is 7.42. The summed E-state index contributed by atoms with van der Waals surface area (Å²) in [4.78, 5) is 27.2. The standard InChI is InChI=1S/C20H15Cl4NO3/c21-11-1-2-15(23)13(7-11)19(27)25-5-3-20(4-6-25)10-17(26)14-8-12(22)9-16(24)18(14)28-20/h1-2,7-9H,3-6,10H2. The lowest BCUT2D eigenvalue weighted by Gasteiger charge is -2.44. The number of hydrogen-bond donors (Lipinski definition) is 0. The van der Waals surface area contributed by atoms with E-state index in [1.807, 2.05) is 0 Å². The van der Waals surface area contributed by atoms with Crippen molar-refractivity contribution in [2.24, 2.45) is 0 Å². The zero-order valence-corrected chi connectivity index (χ0v) is 17.6. The molecule has 1 amide bonds. The van der Waals surface area contributed by atoms with Crippen LogP contribution in [0.3, 0.4) is 0 Å². The van der Waals surface area contributed by atoms with Gasteiger partial charge < -0.3 is 9.64 Å². The average molecular weight is 459 g/mol. The van der Waals surface area contributed by atoms with E-state index in [0.29, 0.717) is 62.9 Å². The topological polar surface area (TPSA) is 46.6 Å². The third-order valence-electron chi connectivity index (χ3n) is 5.23. The van der Waals surface area contributed by atoms with Gasteiger partial charge >= 0.3 is 0 Å². The molecule has 2 heterocycles. The highest BCUT2D eigenvalue weighted by Gasteiger charge is 2.44. The van der Waals surface area contributed by atoms with Crippen LogP contribution in [0, 0.1) is 0 Å². The SMILES string of the molecule is O=C1CC2(CCN(C(=O)c3cc(Cl)ccc3Cl)CC2)Oc2c(Cl)cc(Cl)cc21. The Morgan fingerprint density at radius 2 is 1.68 bits per heavy atom. The molecule has 0 aliphatic carbocycles. The number of amides is 1. The zero-order valence-electron chi connectivity index (χ0n) is 14.6. The number of hydrogen-bond acceptors (Lipinski definition) is 3. The van der Waals surface area contributed by atoms with Crippen LogP contribution < -0.4 is 4.74 Å². The molecule has 2 aliphatic rings. The van der Waals surface area contributed by atoms with Gasteiger partial charge in [0.25, 0.3) is 5.91 Å². The Labute approximate surface area is 182 Å². The minimum absolute atomic E-state index is 0.0525. The van der Waals surface area contributed by atoms with Crippen LogP contribution >= 0.6 is 46.4 Å². The summed E-state index contributed by atoms with van der Waals surface area (Å²) in [5, 5.41) is 1.53. The van der Waals surface area contributed by atoms with E-state index in [0.717, 1.165) is 0 Å². The number of Topliss-reactive ketones (excluding diaryl/α,β-unsaturated/α-hetero) is 1. The monoisotopic (exact) mass is 457 g/mol. The van der Waals surface area contributed by atoms with Crippen molar-refractivity contribution in [2.75, 3.05) is 13.1 Å². The van der Waals surface area contributed by atoms with Gasteiger partial charge in [0.1, 0.15) is 11.4 Å². The molecule has 2 aromatic rings. The van der Waals surface area contributed by atoms with Crippen molar-refractivity contribution >= 4 is 58.1 Å². The van der Waals surface area contributed by atoms with Crippen molar-refractivity contribution in [3.8, 4) is 5.75 Å². The van der Waals surface area contributed by atoms with Crippen molar-refractivity contribution < 1.29 is 14.3 Å². The molecular formula is C20H15Cl4NO3. The van der Waals surface area contributed by atoms with Crippen LogP contribution in [0.1, 0.15) is 40.0 Å². The first-order valence-corrected chi connectivity index (χ1v) is 10.2. The van der Waals surface area contributed by atoms with Crippen molar-refractivity contribution in [1.29, 1.82) is 0 Å². The average Bonchev–Trinajstić information content (AvgIpc) is 2.65. The van der Waals surface area contributed by atoms with Gasteiger partial charge in [0.15, 0.2) is 5.78 Å². The zero-order chi connectivity index (χ0) is 20.1. The van der Waals surface area contributed by atoms with Crippen LogP contribution in [0.5, 0.6) is 5.75 Å². The van der Waals surface area contributed by atoms with Crippen LogP contribution in [0.4, 0.5) is 0 Å². The molecule has 4 nitrogen and oxygen atoms in total. The fourth-order valence-electron chi connectivity index (χ4n) is 3.74. The molecule has 8 heteroatoms. The molecule has 0 unspecified atom stereocenters. The Bertz CT molecular complexity index is 984. The van der Waals surface area contributed by atoms with Gasteiger partial charge in [-0.2, -0.15) is 0 Å². The highest BCUT2D eigenvalue weighted by Crippen LogP contribution is 2.44. The predicted molar refractivity (Wildman–Crippen MR) is 110 cm³/mol. The van der Waals surface area contributed by atoms with E-state index in [9.17, 15) is 9.59 Å². The van der Waals surface area contributed by atoms with Gasteiger partial charge in [-0.05, 0) is 30.3 Å². The summed E-state index contributed by atoms with van der Waals surface area (Å²) in [5.41, 5.74) is 0.109. The molecule has 1 saturated heterocycles. The van der Waals surface area contributed by atoms with Crippen molar-refractivity contribution in [3.05, 3.63) is 61.5 Å². The van der Waals surface area contributed by atoms with E-state index in [1.54, 1.807) is 35.2 Å². The maximum absolute atomic E-state index is 12.8. The number of piperidine rings is 1. The third-order valence-corrected chi connectivity index (χ3v) is 6.29. The van der Waals surface area contributed by atoms with Crippen molar-refractivity contribution in [1.82, 2.24) is 4.90 Å². The maximum Gasteiger partial charge on any atom is 0.255 e. The van der Waals surface area contributed by atoms with Gasteiger partial charge in [0.2, 0.25) is 0 Å². The summed E-state index contributed by atoms with van der Waals surface area (Å²) in [7, 11) is 0. The first-order chi connectivity index (χ1) is 13.3. The maximum atomic E-state index is 12.8. The van der Waals surface area contributed by atoms with Crippen LogP contribution in [-0.2, 0) is 0 Å². The normalized spacial score (nSPS) is 18.0. The number of carbonyl (C=O) groups excluding carboxylic acids is 2. The number of rotatable bonds is 1. The van der Waals surface area contributed by atoms with Crippen LogP contribution in [0.2, 0.25) is 20.1 Å². The van der Waals surface area contributed by atoms with Crippen LogP contribution in [0.25, 0.3) is 0 Å². The number of carbonyl (C=O) groups is 2. The summed E-state index contributed by atoms with van der Waals surface area (Å²) in [6.07, 6.45) is 1.26. The molecule has 0 bridgehead atoms. The van der Waals surface area contributed by atoms with Crippen molar-refractivity contribution in [3.63, 3.8) is 0 Å². The van der Waals surface area contributed by atoms with Gasteiger partial charge in [-0.15, -0.1) is 0 Å². The Balaban J connectivity index is 1.53. The Hall–Kier alpha value is -1.46. The second-order valence-corrected chi connectivity index (χ2v) is 8.75. The van der Waals surface area contributed by atoms with E-state index in [1.165, 1.54) is 0 Å². The summed E-state index contributed by atoms with van der Waals surface area (Å²) in [6, 6.07) is 7.96. The first kappa shape index (κ1) is 19.8. The molecular weight excluding hydrogens is 444 g/mol. The van der Waals surface area contributed by atoms with Gasteiger partial charge in [-0.3, -0.25) is 9.59 Å². The Morgan fingerprint density at radius 3 is 2.39 bits per heavy atom. The smallest absolute Gasteiger partial charge is 0.255 e. The van der Waals surface area contributed by atoms with E-state index in [4.69, 9.17) is 51.1 Å².